The molecule has 2 aromatic rings. The van der Waals surface area contributed by atoms with E-state index < -0.39 is 12.4 Å². The van der Waals surface area contributed by atoms with Gasteiger partial charge in [-0.2, -0.15) is 8.78 Å². The normalized spacial score (nSPS) is 10.7. The molecule has 105 valence electrons. The molecule has 3 nitrogen and oxygen atoms in total. The Morgan fingerprint density at radius 3 is 2.45 bits per heavy atom. The molecule has 0 heterocycles. The lowest BCUT2D eigenvalue weighted by molar-refractivity contribution is -0.0499. The molecule has 0 bridgehead atoms. The first-order valence-electron chi connectivity index (χ1n) is 5.35. The van der Waals surface area contributed by atoms with Gasteiger partial charge >= 0.3 is 6.61 Å². The Balaban J connectivity index is 2.29. The van der Waals surface area contributed by atoms with E-state index in [4.69, 9.17) is 27.9 Å². The Bertz CT molecular complexity index is 621. The molecule has 0 aliphatic carbocycles. The van der Waals surface area contributed by atoms with E-state index in [1.54, 1.807) is 0 Å². The van der Waals surface area contributed by atoms with E-state index >= 15 is 0 Å². The van der Waals surface area contributed by atoms with Crippen LogP contribution in [0.15, 0.2) is 36.4 Å². The van der Waals surface area contributed by atoms with Crippen LogP contribution < -0.4 is 9.47 Å². The molecule has 2 aromatic carbocycles. The van der Waals surface area contributed by atoms with Gasteiger partial charge in [0.15, 0.2) is 5.75 Å². The predicted molar refractivity (Wildman–Crippen MR) is 69.7 cm³/mol. The molecule has 0 aliphatic heterocycles. The maximum absolute atomic E-state index is 12.1. The van der Waals surface area contributed by atoms with Crippen LogP contribution in [0.1, 0.15) is 0 Å². The summed E-state index contributed by atoms with van der Waals surface area (Å²) in [5, 5.41) is 11.8. The van der Waals surface area contributed by atoms with Crippen molar-refractivity contribution >= 4 is 23.2 Å². The zero-order chi connectivity index (χ0) is 14.7. The van der Waals surface area contributed by atoms with Gasteiger partial charge in [0, 0.05) is 6.07 Å². The molecule has 0 amide bonds. The van der Waals surface area contributed by atoms with Crippen LogP contribution >= 0.6 is 23.2 Å². The minimum absolute atomic E-state index is 0.0423. The third kappa shape index (κ3) is 3.43. The zero-order valence-corrected chi connectivity index (χ0v) is 11.3. The maximum Gasteiger partial charge on any atom is 0.387 e. The Labute approximate surface area is 123 Å². The lowest BCUT2D eigenvalue weighted by Crippen LogP contribution is -2.01. The Kier molecular flexibility index (Phi) is 4.52. The highest BCUT2D eigenvalue weighted by Gasteiger charge is 2.15. The van der Waals surface area contributed by atoms with Crippen LogP contribution in [0.5, 0.6) is 23.0 Å². The van der Waals surface area contributed by atoms with Gasteiger partial charge in [-0.1, -0.05) is 29.3 Å². The van der Waals surface area contributed by atoms with Crippen LogP contribution in [0.4, 0.5) is 8.78 Å². The molecule has 0 N–H and O–H groups in total. The average Bonchev–Trinajstić information content (AvgIpc) is 2.39. The summed E-state index contributed by atoms with van der Waals surface area (Å²) in [7, 11) is 0. The summed E-state index contributed by atoms with van der Waals surface area (Å²) in [6, 6.07) is 7.99. The van der Waals surface area contributed by atoms with E-state index in [1.807, 2.05) is 0 Å². The predicted octanol–water partition coefficient (Wildman–Crippen LogP) is 5.53. The second-order valence-electron chi connectivity index (χ2n) is 3.64. The number of alkyl halides is 2. The van der Waals surface area contributed by atoms with Crippen molar-refractivity contribution in [3.63, 3.8) is 0 Å². The monoisotopic (exact) mass is 319 g/mol. The molecule has 0 saturated heterocycles. The summed E-state index contributed by atoms with van der Waals surface area (Å²) >= 11 is 11.6. The number of ether oxygens (including phenoxy) is 2. The number of benzene rings is 2. The van der Waals surface area contributed by atoms with Gasteiger partial charge < -0.3 is 9.47 Å². The fourth-order valence-corrected chi connectivity index (χ4v) is 1.78. The molecular weight excluding hydrogens is 313 g/mol. The van der Waals surface area contributed by atoms with E-state index in [9.17, 15) is 13.9 Å². The smallest absolute Gasteiger partial charge is 0.387 e. The van der Waals surface area contributed by atoms with Crippen LogP contribution in [0.2, 0.25) is 10.0 Å². The zero-order valence-electron chi connectivity index (χ0n) is 9.78. The first-order chi connectivity index (χ1) is 9.47. The Morgan fingerprint density at radius 2 is 1.75 bits per heavy atom. The van der Waals surface area contributed by atoms with Gasteiger partial charge in [0.1, 0.15) is 16.5 Å². The van der Waals surface area contributed by atoms with Crippen molar-refractivity contribution in [3.05, 3.63) is 46.4 Å². The molecular formula is C13H7Cl2F2O3. The molecule has 0 aromatic heterocycles. The molecule has 0 unspecified atom stereocenters. The van der Waals surface area contributed by atoms with E-state index in [0.29, 0.717) is 0 Å². The molecule has 7 heteroatoms. The molecule has 0 spiro atoms. The van der Waals surface area contributed by atoms with Crippen LogP contribution in [0.3, 0.4) is 0 Å². The minimum Gasteiger partial charge on any atom is -0.451 e. The van der Waals surface area contributed by atoms with Crippen molar-refractivity contribution in [2.45, 2.75) is 6.61 Å². The van der Waals surface area contributed by atoms with Crippen molar-refractivity contribution in [1.29, 1.82) is 0 Å². The summed E-state index contributed by atoms with van der Waals surface area (Å²) in [4.78, 5) is 0. The SMILES string of the molecule is [O]c1ccc(Cl)c(Cl)c1Oc1cccc(OC(F)F)c1. The van der Waals surface area contributed by atoms with Crippen molar-refractivity contribution in [3.8, 4) is 23.0 Å². The molecule has 0 saturated carbocycles. The van der Waals surface area contributed by atoms with E-state index in [0.717, 1.165) is 0 Å². The Hall–Kier alpha value is -1.72. The second-order valence-corrected chi connectivity index (χ2v) is 4.43. The third-order valence-electron chi connectivity index (χ3n) is 2.26. The number of hydrogen-bond acceptors (Lipinski definition) is 2. The van der Waals surface area contributed by atoms with Gasteiger partial charge in [0.25, 0.3) is 0 Å². The standard InChI is InChI=1S/C13H7Cl2F2O3/c14-9-4-5-10(18)12(11(9)15)19-7-2-1-3-8(6-7)20-13(16)17/h1-6,13H. The van der Waals surface area contributed by atoms with Gasteiger partial charge in [-0.05, 0) is 24.3 Å². The van der Waals surface area contributed by atoms with Gasteiger partial charge in [-0.3, -0.25) is 5.11 Å². The summed E-state index contributed by atoms with van der Waals surface area (Å²) in [5.74, 6) is -0.611. The van der Waals surface area contributed by atoms with E-state index in [1.165, 1.54) is 36.4 Å². The first kappa shape index (κ1) is 14.7. The molecule has 20 heavy (non-hydrogen) atoms. The molecule has 0 atom stereocenters. The summed E-state index contributed by atoms with van der Waals surface area (Å²) in [6.45, 7) is -2.95. The summed E-state index contributed by atoms with van der Waals surface area (Å²) in [5.41, 5.74) is 0. The maximum atomic E-state index is 12.1. The third-order valence-corrected chi connectivity index (χ3v) is 3.05. The van der Waals surface area contributed by atoms with Gasteiger partial charge in [0.05, 0.1) is 5.02 Å². The van der Waals surface area contributed by atoms with E-state index in [2.05, 4.69) is 4.74 Å². The number of rotatable bonds is 4. The van der Waals surface area contributed by atoms with Crippen LogP contribution in [0.25, 0.3) is 0 Å². The van der Waals surface area contributed by atoms with Crippen LogP contribution in [-0.2, 0) is 5.11 Å². The lowest BCUT2D eigenvalue weighted by atomic mass is 10.3. The van der Waals surface area contributed by atoms with Crippen molar-refractivity contribution in [2.75, 3.05) is 0 Å². The average molecular weight is 320 g/mol. The van der Waals surface area contributed by atoms with Gasteiger partial charge in [-0.15, -0.1) is 0 Å². The number of halogens is 4. The van der Waals surface area contributed by atoms with E-state index in [-0.39, 0.29) is 27.3 Å². The summed E-state index contributed by atoms with van der Waals surface area (Å²) < 4.78 is 33.7. The second kappa shape index (κ2) is 6.15. The minimum atomic E-state index is -2.95. The first-order valence-corrected chi connectivity index (χ1v) is 6.10. The fraction of sp³-hybridized carbons (Fsp3) is 0.0769. The summed E-state index contributed by atoms with van der Waals surface area (Å²) in [6.07, 6.45) is 0. The van der Waals surface area contributed by atoms with Crippen molar-refractivity contribution < 1.29 is 23.4 Å². The largest absolute Gasteiger partial charge is 0.451 e. The Morgan fingerprint density at radius 1 is 1.05 bits per heavy atom. The topological polar surface area (TPSA) is 38.4 Å². The highest BCUT2D eigenvalue weighted by molar-refractivity contribution is 6.43. The van der Waals surface area contributed by atoms with Crippen LogP contribution in [0, 0.1) is 0 Å². The van der Waals surface area contributed by atoms with Crippen LogP contribution in [-0.4, -0.2) is 6.61 Å². The molecule has 2 rings (SSSR count). The highest BCUT2D eigenvalue weighted by atomic mass is 35.5. The quantitative estimate of drug-likeness (QED) is 0.743. The van der Waals surface area contributed by atoms with Crippen molar-refractivity contribution in [2.24, 2.45) is 0 Å². The van der Waals surface area contributed by atoms with Gasteiger partial charge in [-0.25, -0.2) is 0 Å². The fourth-order valence-electron chi connectivity index (χ4n) is 1.44. The number of hydrogen-bond donors (Lipinski definition) is 0. The highest BCUT2D eigenvalue weighted by Crippen LogP contribution is 2.42. The molecule has 0 aliphatic rings. The van der Waals surface area contributed by atoms with Crippen molar-refractivity contribution in [1.82, 2.24) is 0 Å². The van der Waals surface area contributed by atoms with Gasteiger partial charge in [0.2, 0.25) is 5.75 Å². The molecule has 0 fully saturated rings. The molecule has 1 radical (unpaired) electrons. The lowest BCUT2D eigenvalue weighted by Gasteiger charge is -2.10.